The quantitative estimate of drug-likeness (QED) is 0.233. The minimum absolute atomic E-state index is 0.0928. The van der Waals surface area contributed by atoms with E-state index in [4.69, 9.17) is 14.2 Å². The van der Waals surface area contributed by atoms with Gasteiger partial charge in [-0.2, -0.15) is 0 Å². The van der Waals surface area contributed by atoms with Gasteiger partial charge in [-0.3, -0.25) is 14.4 Å². The number of allylic oxidation sites excluding steroid dienone is 6. The molecule has 6 aliphatic rings. The third-order valence-electron chi connectivity index (χ3n) is 10.7. The van der Waals surface area contributed by atoms with E-state index in [1.54, 1.807) is 19.1 Å². The van der Waals surface area contributed by atoms with E-state index >= 15 is 0 Å². The van der Waals surface area contributed by atoms with Gasteiger partial charge in [0.05, 0.1) is 11.2 Å². The van der Waals surface area contributed by atoms with Crippen LogP contribution in [-0.4, -0.2) is 44.9 Å². The lowest BCUT2D eigenvalue weighted by Crippen LogP contribution is -2.72. The number of ether oxygens (including phenoxy) is 3. The van der Waals surface area contributed by atoms with Crippen LogP contribution < -0.4 is 9.47 Å². The number of phenols is 1. The zero-order chi connectivity index (χ0) is 33.6. The summed E-state index contributed by atoms with van der Waals surface area (Å²) in [5, 5.41) is 11.8. The number of carbonyl (C=O) groups excluding carboxylic acids is 3. The maximum atomic E-state index is 14.8. The van der Waals surface area contributed by atoms with Crippen LogP contribution in [-0.2, 0) is 20.7 Å². The number of hydrogen-bond acceptors (Lipinski definition) is 7. The van der Waals surface area contributed by atoms with Crippen molar-refractivity contribution in [1.82, 2.24) is 0 Å². The molecule has 2 fully saturated rings. The average Bonchev–Trinajstić information content (AvgIpc) is 3.12. The van der Waals surface area contributed by atoms with Gasteiger partial charge in [0.2, 0.25) is 0 Å². The summed E-state index contributed by atoms with van der Waals surface area (Å²) in [7, 11) is 0. The van der Waals surface area contributed by atoms with Gasteiger partial charge < -0.3 is 19.3 Å². The van der Waals surface area contributed by atoms with Crippen molar-refractivity contribution < 1.29 is 33.7 Å². The second-order valence-corrected chi connectivity index (χ2v) is 15.0. The zero-order valence-corrected chi connectivity index (χ0v) is 28.6. The standard InChI is InChI=1S/C39H46O7/c1-21(2)11-10-16-37(9)17-15-26-31(41)30-32(42)28-19-25-20-29-36(7,8)46-38(35(25)43,18-14-23(5)24(6)40)39(28,29)45-34(30)27(33(26)44-37)13-12-22(3)4/h11-12,14-15,17,19,25,29,41H,10,13,16,18,20H2,1-9H3/b23-14-/t25-,29+,37-,38+,39-/m1/s1. The number of rotatable bonds is 8. The Labute approximate surface area is 272 Å². The second kappa shape index (κ2) is 10.7. The zero-order valence-electron chi connectivity index (χ0n) is 28.6. The van der Waals surface area contributed by atoms with Gasteiger partial charge in [-0.15, -0.1) is 0 Å². The Hall–Kier alpha value is -3.71. The Bertz CT molecular complexity index is 1720. The molecule has 7 nitrogen and oxygen atoms in total. The van der Waals surface area contributed by atoms with Gasteiger partial charge in [0.25, 0.3) is 0 Å². The van der Waals surface area contributed by atoms with Gasteiger partial charge in [-0.25, -0.2) is 0 Å². The first-order valence-corrected chi connectivity index (χ1v) is 16.4. The third-order valence-corrected chi connectivity index (χ3v) is 10.7. The Balaban J connectivity index is 1.59. The Morgan fingerprint density at radius 1 is 0.978 bits per heavy atom. The summed E-state index contributed by atoms with van der Waals surface area (Å²) >= 11 is 0. The highest BCUT2D eigenvalue weighted by Gasteiger charge is 2.81. The smallest absolute Gasteiger partial charge is 0.200 e. The maximum Gasteiger partial charge on any atom is 0.200 e. The molecule has 7 rings (SSSR count). The number of benzene rings is 1. The van der Waals surface area contributed by atoms with Crippen molar-refractivity contribution >= 4 is 23.4 Å². The Kier molecular flexibility index (Phi) is 7.47. The fraction of sp³-hybridized carbons (Fsp3) is 0.513. The second-order valence-electron chi connectivity index (χ2n) is 15.0. The normalized spacial score (nSPS) is 31.2. The van der Waals surface area contributed by atoms with Crippen molar-refractivity contribution in [2.45, 2.75) is 117 Å². The van der Waals surface area contributed by atoms with Crippen LogP contribution in [0.2, 0.25) is 0 Å². The van der Waals surface area contributed by atoms with Gasteiger partial charge in [-0.1, -0.05) is 35.5 Å². The summed E-state index contributed by atoms with van der Waals surface area (Å²) in [6.45, 7) is 17.3. The van der Waals surface area contributed by atoms with E-state index in [1.807, 2.05) is 46.8 Å². The highest BCUT2D eigenvalue weighted by atomic mass is 16.6. The molecule has 3 aliphatic heterocycles. The van der Waals surface area contributed by atoms with E-state index in [-0.39, 0.29) is 46.8 Å². The number of phenolic OH excluding ortho intramolecular Hbond substituents is 1. The van der Waals surface area contributed by atoms with E-state index in [0.717, 1.165) is 18.4 Å². The third kappa shape index (κ3) is 4.52. The van der Waals surface area contributed by atoms with Crippen LogP contribution in [0.3, 0.4) is 0 Å². The predicted molar refractivity (Wildman–Crippen MR) is 177 cm³/mol. The molecule has 1 spiro atoms. The first-order valence-electron chi connectivity index (χ1n) is 16.4. The van der Waals surface area contributed by atoms with E-state index in [1.165, 1.54) is 12.5 Å². The topological polar surface area (TPSA) is 99.1 Å². The SMILES string of the molecule is CC(=O)/C(C)=C\C[C@@]12OC(C)(C)[C@@H]3C[C@@H](C=C4C(=O)c5c(O)c6c(c(CC=C(C)C)c5O[C@]431)O[C@](C)(CCC=C(C)C)C=C6)C2=O. The molecule has 5 atom stereocenters. The minimum atomic E-state index is -1.52. The van der Waals surface area contributed by atoms with Gasteiger partial charge >= 0.3 is 0 Å². The number of Topliss-reactive ketones (excluding diaryl/α,β-unsaturated/α-hetero) is 3. The maximum absolute atomic E-state index is 14.8. The van der Waals surface area contributed by atoms with Crippen LogP contribution in [0.4, 0.5) is 0 Å². The largest absolute Gasteiger partial charge is 0.506 e. The molecule has 0 aromatic heterocycles. The minimum Gasteiger partial charge on any atom is -0.506 e. The molecular formula is C39H46O7. The average molecular weight is 627 g/mol. The molecule has 1 aromatic carbocycles. The van der Waals surface area contributed by atoms with E-state index in [9.17, 15) is 19.5 Å². The summed E-state index contributed by atoms with van der Waals surface area (Å²) in [5.41, 5.74) is -0.0213. The molecule has 3 heterocycles. The summed E-state index contributed by atoms with van der Waals surface area (Å²) < 4.78 is 20.8. The Morgan fingerprint density at radius 3 is 2.33 bits per heavy atom. The summed E-state index contributed by atoms with van der Waals surface area (Å²) in [6, 6.07) is 0. The molecule has 244 valence electrons. The molecule has 0 unspecified atom stereocenters. The first-order chi connectivity index (χ1) is 21.5. The van der Waals surface area contributed by atoms with Gasteiger partial charge in [-0.05, 0) is 106 Å². The molecule has 7 heteroatoms. The molecule has 1 aromatic rings. The van der Waals surface area contributed by atoms with Crippen LogP contribution in [0, 0.1) is 11.8 Å². The van der Waals surface area contributed by atoms with Gasteiger partial charge in [0.15, 0.2) is 28.6 Å². The summed E-state index contributed by atoms with van der Waals surface area (Å²) in [6.07, 6.45) is 14.0. The molecule has 0 amide bonds. The molecule has 1 saturated heterocycles. The van der Waals surface area contributed by atoms with Crippen molar-refractivity contribution in [1.29, 1.82) is 0 Å². The van der Waals surface area contributed by atoms with Crippen LogP contribution in [0.1, 0.15) is 109 Å². The highest BCUT2D eigenvalue weighted by Crippen LogP contribution is 2.68. The fourth-order valence-electron chi connectivity index (χ4n) is 8.23. The molecule has 1 N–H and O–H groups in total. The van der Waals surface area contributed by atoms with Crippen LogP contribution in [0.5, 0.6) is 17.2 Å². The van der Waals surface area contributed by atoms with Crippen molar-refractivity contribution in [3.63, 3.8) is 0 Å². The molecule has 3 aliphatic carbocycles. The molecule has 0 radical (unpaired) electrons. The number of fused-ring (bicyclic) bond motifs is 2. The highest BCUT2D eigenvalue weighted by molar-refractivity contribution is 6.19. The lowest BCUT2D eigenvalue weighted by Gasteiger charge is -2.56. The molecular weight excluding hydrogens is 580 g/mol. The van der Waals surface area contributed by atoms with Crippen molar-refractivity contribution in [3.05, 3.63) is 69.4 Å². The van der Waals surface area contributed by atoms with E-state index in [0.29, 0.717) is 40.9 Å². The number of aromatic hydroxyl groups is 1. The molecule has 1 saturated carbocycles. The van der Waals surface area contributed by atoms with Crippen molar-refractivity contribution in [2.24, 2.45) is 11.8 Å². The number of carbonyl (C=O) groups is 3. The fourth-order valence-corrected chi connectivity index (χ4v) is 8.23. The van der Waals surface area contributed by atoms with Crippen molar-refractivity contribution in [3.8, 4) is 17.2 Å². The van der Waals surface area contributed by atoms with E-state index in [2.05, 4.69) is 26.0 Å². The van der Waals surface area contributed by atoms with Gasteiger partial charge in [0, 0.05) is 29.4 Å². The van der Waals surface area contributed by atoms with Crippen LogP contribution in [0.25, 0.3) is 6.08 Å². The number of ketones is 3. The van der Waals surface area contributed by atoms with Gasteiger partial charge in [0.1, 0.15) is 28.4 Å². The number of hydrogen-bond donors (Lipinski definition) is 1. The summed E-state index contributed by atoms with van der Waals surface area (Å²) in [4.78, 5) is 41.4. The predicted octanol–water partition coefficient (Wildman–Crippen LogP) is 7.74. The first kappa shape index (κ1) is 32.2. The van der Waals surface area contributed by atoms with Crippen LogP contribution in [0.15, 0.2) is 52.7 Å². The lowest BCUT2D eigenvalue weighted by molar-refractivity contribution is -0.171. The van der Waals surface area contributed by atoms with Crippen molar-refractivity contribution in [2.75, 3.05) is 0 Å². The Morgan fingerprint density at radius 2 is 1.67 bits per heavy atom. The van der Waals surface area contributed by atoms with E-state index < -0.39 is 28.3 Å². The lowest BCUT2D eigenvalue weighted by atomic mass is 9.51. The monoisotopic (exact) mass is 626 g/mol. The molecule has 4 bridgehead atoms. The molecule has 46 heavy (non-hydrogen) atoms. The summed E-state index contributed by atoms with van der Waals surface area (Å²) in [5.74, 6) is -0.904. The van der Waals surface area contributed by atoms with Crippen LogP contribution >= 0.6 is 0 Å².